The number of benzene rings is 2. The predicted octanol–water partition coefficient (Wildman–Crippen LogP) is 2.48. The standard InChI is InChI=1S/C23H23FN4O4/c24-18-4-1-3-17(11-18)16-8-6-15(7-9-16)14-32-23(31)28-10-2-5-20(28)22(30)27-19(13-25)12-21(26)29/h1,3-4,6-9,11,19-20H,2,5,10,12,14H2,(H2,26,29)(H,27,30)/t19-,20-/m0/s1. The molecule has 2 aromatic rings. The van der Waals surface area contributed by atoms with Crippen LogP contribution in [0.3, 0.4) is 0 Å². The van der Waals surface area contributed by atoms with E-state index in [2.05, 4.69) is 5.32 Å². The van der Waals surface area contributed by atoms with Crippen molar-refractivity contribution in [1.29, 1.82) is 5.26 Å². The maximum absolute atomic E-state index is 13.4. The number of nitriles is 1. The van der Waals surface area contributed by atoms with Gasteiger partial charge in [-0.15, -0.1) is 0 Å². The molecule has 3 amide bonds. The van der Waals surface area contributed by atoms with E-state index < -0.39 is 30.0 Å². The molecule has 0 spiro atoms. The van der Waals surface area contributed by atoms with Crippen LogP contribution >= 0.6 is 0 Å². The van der Waals surface area contributed by atoms with E-state index in [1.54, 1.807) is 24.3 Å². The summed E-state index contributed by atoms with van der Waals surface area (Å²) in [5, 5.41) is 11.5. The molecular formula is C23H23FN4O4. The molecule has 2 atom stereocenters. The fraction of sp³-hybridized carbons (Fsp3) is 0.304. The minimum absolute atomic E-state index is 0.00952. The Hall–Kier alpha value is -3.93. The normalized spacial score (nSPS) is 16.1. The number of nitrogens with zero attached hydrogens (tertiary/aromatic N) is 2. The van der Waals surface area contributed by atoms with Crippen molar-refractivity contribution in [3.8, 4) is 17.2 Å². The monoisotopic (exact) mass is 438 g/mol. The van der Waals surface area contributed by atoms with E-state index in [4.69, 9.17) is 15.7 Å². The lowest BCUT2D eigenvalue weighted by Crippen LogP contribution is -2.49. The largest absolute Gasteiger partial charge is 0.445 e. The van der Waals surface area contributed by atoms with Crippen molar-refractivity contribution in [2.75, 3.05) is 6.54 Å². The number of halogens is 1. The van der Waals surface area contributed by atoms with Crippen LogP contribution in [-0.2, 0) is 20.9 Å². The molecule has 1 aliphatic heterocycles. The third kappa shape index (κ3) is 5.82. The summed E-state index contributed by atoms with van der Waals surface area (Å²) in [6.45, 7) is 0.359. The predicted molar refractivity (Wildman–Crippen MR) is 113 cm³/mol. The van der Waals surface area contributed by atoms with Crippen molar-refractivity contribution in [1.82, 2.24) is 10.2 Å². The second-order valence-corrected chi connectivity index (χ2v) is 7.47. The van der Waals surface area contributed by atoms with Gasteiger partial charge in [0.05, 0.1) is 12.5 Å². The number of ether oxygens (including phenoxy) is 1. The van der Waals surface area contributed by atoms with Gasteiger partial charge >= 0.3 is 6.09 Å². The molecule has 0 aliphatic carbocycles. The highest BCUT2D eigenvalue weighted by atomic mass is 19.1. The van der Waals surface area contributed by atoms with Gasteiger partial charge < -0.3 is 15.8 Å². The lowest BCUT2D eigenvalue weighted by molar-refractivity contribution is -0.125. The average Bonchev–Trinajstić information content (AvgIpc) is 3.27. The first-order chi connectivity index (χ1) is 15.4. The van der Waals surface area contributed by atoms with E-state index in [-0.39, 0.29) is 18.8 Å². The highest BCUT2D eigenvalue weighted by molar-refractivity contribution is 5.87. The Kier molecular flexibility index (Phi) is 7.39. The first-order valence-corrected chi connectivity index (χ1v) is 10.1. The molecular weight excluding hydrogens is 415 g/mol. The minimum atomic E-state index is -1.05. The number of likely N-dealkylation sites (tertiary alicyclic amines) is 1. The zero-order valence-corrected chi connectivity index (χ0v) is 17.3. The van der Waals surface area contributed by atoms with Gasteiger partial charge in [-0.3, -0.25) is 14.5 Å². The van der Waals surface area contributed by atoms with Gasteiger partial charge in [-0.25, -0.2) is 9.18 Å². The van der Waals surface area contributed by atoms with Gasteiger partial charge in [0, 0.05) is 6.54 Å². The minimum Gasteiger partial charge on any atom is -0.445 e. The Bertz CT molecular complexity index is 1040. The number of nitrogens with two attached hydrogens (primary N) is 1. The number of primary amides is 1. The smallest absolute Gasteiger partial charge is 0.410 e. The summed E-state index contributed by atoms with van der Waals surface area (Å²) >= 11 is 0. The van der Waals surface area contributed by atoms with Gasteiger partial charge in [-0.05, 0) is 41.7 Å². The average molecular weight is 438 g/mol. The Labute approximate surface area is 184 Å². The fourth-order valence-corrected chi connectivity index (χ4v) is 3.55. The highest BCUT2D eigenvalue weighted by Crippen LogP contribution is 2.22. The summed E-state index contributed by atoms with van der Waals surface area (Å²) in [5.74, 6) is -1.55. The van der Waals surface area contributed by atoms with Crippen LogP contribution in [0.2, 0.25) is 0 Å². The van der Waals surface area contributed by atoms with Gasteiger partial charge in [0.1, 0.15) is 24.5 Å². The maximum Gasteiger partial charge on any atom is 0.410 e. The second-order valence-electron chi connectivity index (χ2n) is 7.47. The Morgan fingerprint density at radius 3 is 2.62 bits per heavy atom. The Balaban J connectivity index is 1.56. The molecule has 1 saturated heterocycles. The van der Waals surface area contributed by atoms with Gasteiger partial charge in [0.2, 0.25) is 11.8 Å². The molecule has 166 valence electrons. The van der Waals surface area contributed by atoms with Crippen molar-refractivity contribution in [2.24, 2.45) is 5.73 Å². The summed E-state index contributed by atoms with van der Waals surface area (Å²) in [7, 11) is 0. The molecule has 3 rings (SSSR count). The number of nitrogens with one attached hydrogen (secondary N) is 1. The summed E-state index contributed by atoms with van der Waals surface area (Å²) in [6.07, 6.45) is 0.103. The molecule has 0 aromatic heterocycles. The zero-order chi connectivity index (χ0) is 23.1. The first kappa shape index (κ1) is 22.7. The Morgan fingerprint density at radius 2 is 1.97 bits per heavy atom. The number of carbonyl (C=O) groups is 3. The van der Waals surface area contributed by atoms with Crippen LogP contribution in [0.1, 0.15) is 24.8 Å². The van der Waals surface area contributed by atoms with E-state index in [0.29, 0.717) is 19.4 Å². The summed E-state index contributed by atoms with van der Waals surface area (Å²) in [4.78, 5) is 37.3. The van der Waals surface area contributed by atoms with Gasteiger partial charge in [-0.1, -0.05) is 36.4 Å². The van der Waals surface area contributed by atoms with Crippen molar-refractivity contribution in [2.45, 2.75) is 38.0 Å². The van der Waals surface area contributed by atoms with Crippen LogP contribution in [0.5, 0.6) is 0 Å². The van der Waals surface area contributed by atoms with Crippen molar-refractivity contribution < 1.29 is 23.5 Å². The second kappa shape index (κ2) is 10.4. The molecule has 0 radical (unpaired) electrons. The number of hydrogen-bond acceptors (Lipinski definition) is 5. The molecule has 0 saturated carbocycles. The number of rotatable bonds is 7. The molecule has 1 aliphatic rings. The van der Waals surface area contributed by atoms with Crippen LogP contribution in [0.15, 0.2) is 48.5 Å². The quantitative estimate of drug-likeness (QED) is 0.687. The van der Waals surface area contributed by atoms with Crippen molar-refractivity contribution in [3.05, 3.63) is 59.9 Å². The zero-order valence-electron chi connectivity index (χ0n) is 17.3. The van der Waals surface area contributed by atoms with Gasteiger partial charge in [0.15, 0.2) is 0 Å². The molecule has 3 N–H and O–H groups in total. The van der Waals surface area contributed by atoms with E-state index in [1.165, 1.54) is 17.0 Å². The SMILES string of the molecule is N#C[C@H](CC(N)=O)NC(=O)[C@@H]1CCCN1C(=O)OCc1ccc(-c2cccc(F)c2)cc1. The van der Waals surface area contributed by atoms with Gasteiger partial charge in [0.25, 0.3) is 0 Å². The number of carbonyl (C=O) groups excluding carboxylic acids is 3. The van der Waals surface area contributed by atoms with Gasteiger partial charge in [-0.2, -0.15) is 5.26 Å². The molecule has 9 heteroatoms. The summed E-state index contributed by atoms with van der Waals surface area (Å²) in [6, 6.07) is 13.4. The first-order valence-electron chi connectivity index (χ1n) is 10.1. The van der Waals surface area contributed by atoms with Crippen LogP contribution < -0.4 is 11.1 Å². The number of hydrogen-bond donors (Lipinski definition) is 2. The molecule has 2 aromatic carbocycles. The summed E-state index contributed by atoms with van der Waals surface area (Å²) in [5.41, 5.74) is 7.39. The third-order valence-electron chi connectivity index (χ3n) is 5.14. The topological polar surface area (TPSA) is 126 Å². The maximum atomic E-state index is 13.4. The highest BCUT2D eigenvalue weighted by Gasteiger charge is 2.36. The van der Waals surface area contributed by atoms with Crippen LogP contribution in [0, 0.1) is 17.1 Å². The molecule has 0 unspecified atom stereocenters. The Morgan fingerprint density at radius 1 is 1.22 bits per heavy atom. The molecule has 32 heavy (non-hydrogen) atoms. The van der Waals surface area contributed by atoms with E-state index in [9.17, 15) is 18.8 Å². The van der Waals surface area contributed by atoms with Crippen LogP contribution in [0.4, 0.5) is 9.18 Å². The fourth-order valence-electron chi connectivity index (χ4n) is 3.55. The molecule has 1 heterocycles. The van der Waals surface area contributed by atoms with E-state index in [1.807, 2.05) is 18.2 Å². The van der Waals surface area contributed by atoms with Crippen LogP contribution in [0.25, 0.3) is 11.1 Å². The third-order valence-corrected chi connectivity index (χ3v) is 5.14. The summed E-state index contributed by atoms with van der Waals surface area (Å²) < 4.78 is 18.8. The van der Waals surface area contributed by atoms with E-state index >= 15 is 0 Å². The molecule has 8 nitrogen and oxygen atoms in total. The molecule has 0 bridgehead atoms. The lowest BCUT2D eigenvalue weighted by Gasteiger charge is -2.24. The molecule has 1 fully saturated rings. The van der Waals surface area contributed by atoms with Crippen molar-refractivity contribution in [3.63, 3.8) is 0 Å². The lowest BCUT2D eigenvalue weighted by atomic mass is 10.0. The van der Waals surface area contributed by atoms with Crippen LogP contribution in [-0.4, -0.2) is 41.4 Å². The van der Waals surface area contributed by atoms with Crippen molar-refractivity contribution >= 4 is 17.9 Å². The number of amides is 3. The van der Waals surface area contributed by atoms with E-state index in [0.717, 1.165) is 16.7 Å².